The van der Waals surface area contributed by atoms with Crippen LogP contribution in [0, 0.1) is 12.1 Å². The van der Waals surface area contributed by atoms with Gasteiger partial charge in [0.25, 0.3) is 0 Å². The second-order valence-corrected chi connectivity index (χ2v) is 7.67. The summed E-state index contributed by atoms with van der Waals surface area (Å²) in [6, 6.07) is 38.3. The van der Waals surface area contributed by atoms with Gasteiger partial charge in [0.05, 0.1) is 0 Å². The Balaban J connectivity index is 0.000000152. The van der Waals surface area contributed by atoms with Crippen LogP contribution in [0.2, 0.25) is 0 Å². The van der Waals surface area contributed by atoms with Gasteiger partial charge in [0.1, 0.15) is 11.5 Å². The first-order valence-corrected chi connectivity index (χ1v) is 10.7. The minimum Gasteiger partial charge on any atom is -0.473 e. The van der Waals surface area contributed by atoms with Gasteiger partial charge in [-0.2, -0.15) is 36.4 Å². The fourth-order valence-corrected chi connectivity index (χ4v) is 3.86. The van der Waals surface area contributed by atoms with Crippen molar-refractivity contribution in [3.8, 4) is 11.5 Å². The van der Waals surface area contributed by atoms with Gasteiger partial charge < -0.3 is 19.3 Å². The van der Waals surface area contributed by atoms with E-state index in [1.54, 1.807) is 0 Å². The smallest absolute Gasteiger partial charge is 0.160 e. The van der Waals surface area contributed by atoms with Gasteiger partial charge in [-0.15, -0.1) is 24.3 Å². The molecule has 0 amide bonds. The van der Waals surface area contributed by atoms with Crippen LogP contribution in [0.1, 0.15) is 11.1 Å². The largest absolute Gasteiger partial charge is 0.473 e. The van der Waals surface area contributed by atoms with Crippen molar-refractivity contribution in [3.05, 3.63) is 120 Å². The molecular weight excluding hydrogens is 485 g/mol. The van der Waals surface area contributed by atoms with Crippen LogP contribution in [-0.2, 0) is 45.8 Å². The van der Waals surface area contributed by atoms with Crippen LogP contribution >= 0.6 is 0 Å². The molecule has 0 unspecified atom stereocenters. The van der Waals surface area contributed by atoms with E-state index in [-0.39, 0.29) is 32.7 Å². The van der Waals surface area contributed by atoms with Gasteiger partial charge in [0.2, 0.25) is 0 Å². The van der Waals surface area contributed by atoms with E-state index in [1.165, 1.54) is 22.5 Å². The second-order valence-electron chi connectivity index (χ2n) is 7.67. The van der Waals surface area contributed by atoms with Crippen molar-refractivity contribution in [1.29, 1.82) is 0 Å². The van der Waals surface area contributed by atoms with Gasteiger partial charge in [-0.05, 0) is 12.1 Å². The molecule has 0 N–H and O–H groups in total. The molecule has 2 heterocycles. The molecule has 33 heavy (non-hydrogen) atoms. The fourth-order valence-electron chi connectivity index (χ4n) is 3.86. The molecule has 0 bridgehead atoms. The summed E-state index contributed by atoms with van der Waals surface area (Å²) in [7, 11) is 0. The van der Waals surface area contributed by atoms with Crippen LogP contribution in [0.5, 0.6) is 11.5 Å². The summed E-state index contributed by atoms with van der Waals surface area (Å²) in [5.74, 6) is 2.00. The van der Waals surface area contributed by atoms with Crippen molar-refractivity contribution in [2.24, 2.45) is 0 Å². The number of hydrogen-bond acceptors (Lipinski definition) is 4. The molecule has 4 nitrogen and oxygen atoms in total. The molecular formula is C28H24N2O2Y-2. The summed E-state index contributed by atoms with van der Waals surface area (Å²) in [5, 5.41) is 0. The first kappa shape index (κ1) is 23.3. The van der Waals surface area contributed by atoms with Crippen LogP contribution < -0.4 is 19.3 Å². The van der Waals surface area contributed by atoms with Crippen molar-refractivity contribution >= 4 is 11.4 Å². The zero-order chi connectivity index (χ0) is 21.6. The maximum atomic E-state index is 5.71. The van der Waals surface area contributed by atoms with Crippen LogP contribution in [0.25, 0.3) is 0 Å². The Hall–Kier alpha value is -2.82. The summed E-state index contributed by atoms with van der Waals surface area (Å²) >= 11 is 0. The average Bonchev–Trinajstić information content (AvgIpc) is 2.89. The van der Waals surface area contributed by atoms with Crippen molar-refractivity contribution in [2.45, 2.75) is 13.1 Å². The Morgan fingerprint density at radius 2 is 0.939 bits per heavy atom. The number of rotatable bonds is 2. The second kappa shape index (κ2) is 11.4. The van der Waals surface area contributed by atoms with E-state index in [0.717, 1.165) is 24.6 Å². The third-order valence-corrected chi connectivity index (χ3v) is 5.55. The molecule has 2 aliphatic heterocycles. The van der Waals surface area contributed by atoms with E-state index in [9.17, 15) is 0 Å². The number of fused-ring (bicyclic) bond motifs is 2. The van der Waals surface area contributed by atoms with Crippen molar-refractivity contribution in [3.63, 3.8) is 0 Å². The summed E-state index contributed by atoms with van der Waals surface area (Å²) < 4.78 is 11.4. The predicted molar refractivity (Wildman–Crippen MR) is 127 cm³/mol. The Bertz CT molecular complexity index is 1060. The molecule has 0 fully saturated rings. The molecule has 0 saturated carbocycles. The van der Waals surface area contributed by atoms with Crippen molar-refractivity contribution < 1.29 is 42.2 Å². The molecule has 0 saturated heterocycles. The number of benzene rings is 4. The Morgan fingerprint density at radius 3 is 1.36 bits per heavy atom. The first-order valence-electron chi connectivity index (χ1n) is 10.7. The molecule has 0 spiro atoms. The summed E-state index contributed by atoms with van der Waals surface area (Å²) in [6.45, 7) is 3.03. The number of hydrogen-bond donors (Lipinski definition) is 0. The van der Waals surface area contributed by atoms with Crippen LogP contribution in [0.4, 0.5) is 11.4 Å². The van der Waals surface area contributed by atoms with Gasteiger partial charge in [-0.3, -0.25) is 0 Å². The van der Waals surface area contributed by atoms with E-state index >= 15 is 0 Å². The minimum absolute atomic E-state index is 0. The quantitative estimate of drug-likeness (QED) is 0.325. The molecule has 2 aliphatic rings. The van der Waals surface area contributed by atoms with Gasteiger partial charge in [-0.1, -0.05) is 47.8 Å². The van der Waals surface area contributed by atoms with Crippen LogP contribution in [0.15, 0.2) is 97.1 Å². The van der Waals surface area contributed by atoms with Gasteiger partial charge in [0.15, 0.2) is 13.5 Å². The summed E-state index contributed by atoms with van der Waals surface area (Å²) in [4.78, 5) is 4.41. The minimum atomic E-state index is 0. The van der Waals surface area contributed by atoms with Crippen molar-refractivity contribution in [1.82, 2.24) is 0 Å². The topological polar surface area (TPSA) is 24.9 Å². The molecule has 0 atom stereocenters. The molecule has 0 aliphatic carbocycles. The van der Waals surface area contributed by atoms with Crippen LogP contribution in [0.3, 0.4) is 0 Å². The Morgan fingerprint density at radius 1 is 0.545 bits per heavy atom. The summed E-state index contributed by atoms with van der Waals surface area (Å²) in [5.41, 5.74) is 4.82. The van der Waals surface area contributed by atoms with E-state index in [2.05, 4.69) is 58.3 Å². The maximum absolute atomic E-state index is 5.71. The van der Waals surface area contributed by atoms with Gasteiger partial charge >= 0.3 is 0 Å². The van der Waals surface area contributed by atoms with E-state index in [4.69, 9.17) is 9.47 Å². The number of para-hydroxylation sites is 2. The molecule has 0 aromatic heterocycles. The number of anilines is 2. The maximum Gasteiger partial charge on any atom is 0.160 e. The normalized spacial score (nSPS) is 13.7. The SMILES string of the molecule is [Y].[c-]1ccc(N2COc3ccccc3C2)cc1.[c-]1ccc(N2COc3ccccc3C2)cc1. The summed E-state index contributed by atoms with van der Waals surface area (Å²) in [6.07, 6.45) is 0. The number of nitrogens with zero attached hydrogens (tertiary/aromatic N) is 2. The van der Waals surface area contributed by atoms with E-state index in [1.807, 2.05) is 60.7 Å². The number of ether oxygens (including phenoxy) is 2. The molecule has 4 aromatic carbocycles. The van der Waals surface area contributed by atoms with Gasteiger partial charge in [-0.25, -0.2) is 0 Å². The molecule has 5 heteroatoms. The van der Waals surface area contributed by atoms with Gasteiger partial charge in [0, 0.05) is 56.9 Å². The average molecular weight is 509 g/mol. The molecule has 6 rings (SSSR count). The Labute approximate surface area is 220 Å². The zero-order valence-electron chi connectivity index (χ0n) is 18.4. The van der Waals surface area contributed by atoms with E-state index in [0.29, 0.717) is 13.5 Å². The van der Waals surface area contributed by atoms with Crippen molar-refractivity contribution in [2.75, 3.05) is 23.3 Å². The predicted octanol–water partition coefficient (Wildman–Crippen LogP) is 5.68. The molecule has 1 radical (unpaired) electrons. The van der Waals surface area contributed by atoms with E-state index < -0.39 is 0 Å². The third-order valence-electron chi connectivity index (χ3n) is 5.55. The fraction of sp³-hybridized carbons (Fsp3) is 0.143. The molecule has 4 aromatic rings. The van der Waals surface area contributed by atoms with Crippen LogP contribution in [-0.4, -0.2) is 13.5 Å². The Kier molecular flexibility index (Phi) is 8.03. The first-order chi connectivity index (χ1) is 15.9. The monoisotopic (exact) mass is 509 g/mol. The molecule has 163 valence electrons. The standard InChI is InChI=1S/2C14H12NO.Y/c2*1-2-7-13(8-3-1)15-10-12-6-4-5-9-14(12)16-11-15;/h2*2-9H,10-11H2;/q2*-1;. The zero-order valence-corrected chi connectivity index (χ0v) is 21.2. The third kappa shape index (κ3) is 5.76.